The Bertz CT molecular complexity index is 823. The SMILES string of the molecule is COCCn1c(C)cc(C(=O)COC(=O)c2ccc([N+](=O)[O-])cc2)c1C. The lowest BCUT2D eigenvalue weighted by Crippen LogP contribution is -2.15. The van der Waals surface area contributed by atoms with Crippen LogP contribution in [0.25, 0.3) is 0 Å². The van der Waals surface area contributed by atoms with Crippen molar-refractivity contribution >= 4 is 17.4 Å². The molecule has 8 heteroatoms. The van der Waals surface area contributed by atoms with Crippen molar-refractivity contribution in [3.8, 4) is 0 Å². The van der Waals surface area contributed by atoms with Crippen molar-refractivity contribution in [1.82, 2.24) is 4.57 Å². The van der Waals surface area contributed by atoms with Gasteiger partial charge >= 0.3 is 5.97 Å². The summed E-state index contributed by atoms with van der Waals surface area (Å²) in [6, 6.07) is 6.76. The summed E-state index contributed by atoms with van der Waals surface area (Å²) in [5.41, 5.74) is 2.23. The topological polar surface area (TPSA) is 101 Å². The van der Waals surface area contributed by atoms with Gasteiger partial charge in [0.2, 0.25) is 5.78 Å². The molecular formula is C18H20N2O6. The smallest absolute Gasteiger partial charge is 0.338 e. The summed E-state index contributed by atoms with van der Waals surface area (Å²) in [6.07, 6.45) is 0. The summed E-state index contributed by atoms with van der Waals surface area (Å²) in [4.78, 5) is 34.4. The third-order valence-electron chi connectivity index (χ3n) is 4.04. The summed E-state index contributed by atoms with van der Waals surface area (Å²) in [7, 11) is 1.61. The molecule has 0 aliphatic heterocycles. The van der Waals surface area contributed by atoms with Gasteiger partial charge in [0.15, 0.2) is 6.61 Å². The molecule has 138 valence electrons. The van der Waals surface area contributed by atoms with Crippen LogP contribution in [0.15, 0.2) is 30.3 Å². The number of nitro groups is 1. The number of ketones is 1. The number of Topliss-reactive ketones (excluding diaryl/α,β-unsaturated/α-hetero) is 1. The quantitative estimate of drug-likeness (QED) is 0.310. The van der Waals surface area contributed by atoms with Gasteiger partial charge in [0.05, 0.1) is 17.1 Å². The molecule has 0 saturated heterocycles. The van der Waals surface area contributed by atoms with E-state index in [2.05, 4.69) is 0 Å². The van der Waals surface area contributed by atoms with Crippen LogP contribution in [0.3, 0.4) is 0 Å². The second-order valence-electron chi connectivity index (χ2n) is 5.73. The number of ether oxygens (including phenoxy) is 2. The number of carbonyl (C=O) groups excluding carboxylic acids is 2. The van der Waals surface area contributed by atoms with Gasteiger partial charge in [0.25, 0.3) is 5.69 Å². The van der Waals surface area contributed by atoms with Gasteiger partial charge in [-0.05, 0) is 32.0 Å². The lowest BCUT2D eigenvalue weighted by atomic mass is 10.1. The predicted octanol–water partition coefficient (Wildman–Crippen LogP) is 2.70. The molecule has 2 aromatic rings. The summed E-state index contributed by atoms with van der Waals surface area (Å²) >= 11 is 0. The summed E-state index contributed by atoms with van der Waals surface area (Å²) < 4.78 is 12.1. The lowest BCUT2D eigenvalue weighted by molar-refractivity contribution is -0.384. The number of rotatable bonds is 8. The molecule has 0 N–H and O–H groups in total. The molecule has 0 unspecified atom stereocenters. The van der Waals surface area contributed by atoms with Crippen molar-refractivity contribution < 1.29 is 24.0 Å². The molecule has 0 saturated carbocycles. The second kappa shape index (κ2) is 8.39. The van der Waals surface area contributed by atoms with Gasteiger partial charge in [-0.15, -0.1) is 0 Å². The second-order valence-corrected chi connectivity index (χ2v) is 5.73. The maximum Gasteiger partial charge on any atom is 0.338 e. The monoisotopic (exact) mass is 360 g/mol. The molecule has 0 aliphatic carbocycles. The highest BCUT2D eigenvalue weighted by atomic mass is 16.6. The number of benzene rings is 1. The van der Waals surface area contributed by atoms with E-state index in [0.717, 1.165) is 11.4 Å². The Morgan fingerprint density at radius 3 is 2.42 bits per heavy atom. The van der Waals surface area contributed by atoms with Gasteiger partial charge in [0, 0.05) is 42.7 Å². The Balaban J connectivity index is 2.02. The van der Waals surface area contributed by atoms with E-state index in [4.69, 9.17) is 9.47 Å². The largest absolute Gasteiger partial charge is 0.454 e. The Hall–Kier alpha value is -3.00. The van der Waals surface area contributed by atoms with E-state index < -0.39 is 17.5 Å². The molecule has 0 aliphatic rings. The number of aromatic nitrogens is 1. The van der Waals surface area contributed by atoms with E-state index in [1.165, 1.54) is 24.3 Å². The van der Waals surface area contributed by atoms with Crippen molar-refractivity contribution in [1.29, 1.82) is 0 Å². The zero-order valence-electron chi connectivity index (χ0n) is 14.9. The van der Waals surface area contributed by atoms with E-state index in [0.29, 0.717) is 18.7 Å². The number of carbonyl (C=O) groups is 2. The van der Waals surface area contributed by atoms with E-state index in [-0.39, 0.29) is 17.0 Å². The van der Waals surface area contributed by atoms with Crippen LogP contribution in [0.1, 0.15) is 32.1 Å². The van der Waals surface area contributed by atoms with E-state index in [1.807, 2.05) is 18.4 Å². The maximum atomic E-state index is 12.4. The minimum absolute atomic E-state index is 0.124. The van der Waals surface area contributed by atoms with Crippen LogP contribution >= 0.6 is 0 Å². The molecule has 0 bridgehead atoms. The fourth-order valence-electron chi connectivity index (χ4n) is 2.62. The Morgan fingerprint density at radius 2 is 1.85 bits per heavy atom. The first kappa shape index (κ1) is 19.3. The minimum Gasteiger partial charge on any atom is -0.454 e. The average molecular weight is 360 g/mol. The summed E-state index contributed by atoms with van der Waals surface area (Å²) in [5.74, 6) is -1.02. The number of hydrogen-bond donors (Lipinski definition) is 0. The van der Waals surface area contributed by atoms with Crippen molar-refractivity contribution in [2.75, 3.05) is 20.3 Å². The number of non-ortho nitro benzene ring substituents is 1. The number of aryl methyl sites for hydroxylation is 1. The van der Waals surface area contributed by atoms with Gasteiger partial charge in [-0.2, -0.15) is 0 Å². The van der Waals surface area contributed by atoms with Crippen molar-refractivity contribution in [2.24, 2.45) is 0 Å². The standard InChI is InChI=1S/C18H20N2O6/c1-12-10-16(13(2)19(12)8-9-25-3)17(21)11-26-18(22)14-4-6-15(7-5-14)20(23)24/h4-7,10H,8-9,11H2,1-3H3. The fourth-order valence-corrected chi connectivity index (χ4v) is 2.62. The molecule has 0 fully saturated rings. The van der Waals surface area contributed by atoms with Gasteiger partial charge in [-0.25, -0.2) is 4.79 Å². The van der Waals surface area contributed by atoms with Crippen LogP contribution in [0.2, 0.25) is 0 Å². The number of hydrogen-bond acceptors (Lipinski definition) is 6. The zero-order valence-corrected chi connectivity index (χ0v) is 14.9. The highest BCUT2D eigenvalue weighted by molar-refractivity contribution is 6.00. The first-order chi connectivity index (χ1) is 12.3. The molecule has 8 nitrogen and oxygen atoms in total. The van der Waals surface area contributed by atoms with Crippen LogP contribution in [0.5, 0.6) is 0 Å². The molecule has 0 radical (unpaired) electrons. The van der Waals surface area contributed by atoms with Gasteiger partial charge in [0.1, 0.15) is 0 Å². The Morgan fingerprint density at radius 1 is 1.19 bits per heavy atom. The number of nitro benzene ring substituents is 1. The van der Waals surface area contributed by atoms with Crippen LogP contribution in [-0.2, 0) is 16.0 Å². The molecule has 2 rings (SSSR count). The zero-order chi connectivity index (χ0) is 19.3. The molecular weight excluding hydrogens is 340 g/mol. The molecule has 1 aromatic heterocycles. The first-order valence-electron chi connectivity index (χ1n) is 7.95. The highest BCUT2D eigenvalue weighted by Crippen LogP contribution is 2.17. The third-order valence-corrected chi connectivity index (χ3v) is 4.04. The Labute approximate surface area is 150 Å². The maximum absolute atomic E-state index is 12.4. The van der Waals surface area contributed by atoms with Gasteiger partial charge < -0.3 is 14.0 Å². The van der Waals surface area contributed by atoms with Crippen molar-refractivity contribution in [3.05, 3.63) is 63.0 Å². The van der Waals surface area contributed by atoms with Gasteiger partial charge in [-0.1, -0.05) is 0 Å². The lowest BCUT2D eigenvalue weighted by Gasteiger charge is -2.09. The summed E-state index contributed by atoms with van der Waals surface area (Å²) in [5, 5.41) is 10.6. The molecule has 26 heavy (non-hydrogen) atoms. The first-order valence-corrected chi connectivity index (χ1v) is 7.95. The van der Waals surface area contributed by atoms with Crippen LogP contribution in [0, 0.1) is 24.0 Å². The number of methoxy groups -OCH3 is 1. The van der Waals surface area contributed by atoms with E-state index in [9.17, 15) is 19.7 Å². The number of nitrogens with zero attached hydrogens (tertiary/aromatic N) is 2. The van der Waals surface area contributed by atoms with Crippen LogP contribution < -0.4 is 0 Å². The molecule has 0 atom stereocenters. The molecule has 0 spiro atoms. The third kappa shape index (κ3) is 4.34. The van der Waals surface area contributed by atoms with E-state index >= 15 is 0 Å². The predicted molar refractivity (Wildman–Crippen MR) is 93.5 cm³/mol. The average Bonchev–Trinajstić information content (AvgIpc) is 2.91. The van der Waals surface area contributed by atoms with Crippen molar-refractivity contribution in [2.45, 2.75) is 20.4 Å². The van der Waals surface area contributed by atoms with Gasteiger partial charge in [-0.3, -0.25) is 14.9 Å². The van der Waals surface area contributed by atoms with Crippen LogP contribution in [-0.4, -0.2) is 41.6 Å². The Kier molecular flexibility index (Phi) is 6.24. The van der Waals surface area contributed by atoms with Crippen molar-refractivity contribution in [3.63, 3.8) is 0 Å². The fraction of sp³-hybridized carbons (Fsp3) is 0.333. The number of esters is 1. The normalized spacial score (nSPS) is 10.6. The highest BCUT2D eigenvalue weighted by Gasteiger charge is 2.18. The molecule has 1 aromatic carbocycles. The minimum atomic E-state index is -0.707. The molecule has 0 amide bonds. The summed E-state index contributed by atoms with van der Waals surface area (Å²) in [6.45, 7) is 4.48. The molecule has 1 heterocycles. The van der Waals surface area contributed by atoms with Crippen LogP contribution in [0.4, 0.5) is 5.69 Å². The van der Waals surface area contributed by atoms with E-state index in [1.54, 1.807) is 13.2 Å².